The monoisotopic (exact) mass is 362 g/mol. The average Bonchev–Trinajstić information content (AvgIpc) is 2.67. The molecule has 6 nitrogen and oxygen atoms in total. The zero-order valence-corrected chi connectivity index (χ0v) is 15.0. The zero-order valence-electron chi connectivity index (χ0n) is 15.0. The molecule has 1 heterocycles. The molecule has 1 aromatic carbocycles. The molecule has 142 valence electrons. The molecular formula is C19H27FN4O2. The third-order valence-electron chi connectivity index (χ3n) is 5.17. The van der Waals surface area contributed by atoms with Gasteiger partial charge in [-0.2, -0.15) is 0 Å². The van der Waals surface area contributed by atoms with Gasteiger partial charge >= 0.3 is 6.03 Å². The summed E-state index contributed by atoms with van der Waals surface area (Å²) < 4.78 is 13.9. The Morgan fingerprint density at radius 1 is 1.04 bits per heavy atom. The fourth-order valence-electron chi connectivity index (χ4n) is 3.66. The SMILES string of the molecule is O=C(NCC(=O)N1CCN(c2ccccc2F)CC1)NC1CCCCC1. The second-order valence-corrected chi connectivity index (χ2v) is 6.98. The smallest absolute Gasteiger partial charge is 0.315 e. The van der Waals surface area contributed by atoms with E-state index in [0.717, 1.165) is 25.7 Å². The molecule has 1 aromatic rings. The molecule has 0 bridgehead atoms. The Bertz CT molecular complexity index is 626. The quantitative estimate of drug-likeness (QED) is 0.862. The van der Waals surface area contributed by atoms with E-state index in [2.05, 4.69) is 10.6 Å². The molecule has 3 rings (SSSR count). The third kappa shape index (κ3) is 4.86. The van der Waals surface area contributed by atoms with Crippen LogP contribution in [0.3, 0.4) is 0 Å². The summed E-state index contributed by atoms with van der Waals surface area (Å²) in [4.78, 5) is 27.9. The van der Waals surface area contributed by atoms with E-state index < -0.39 is 0 Å². The number of nitrogens with one attached hydrogen (secondary N) is 2. The first kappa shape index (κ1) is 18.5. The lowest BCUT2D eigenvalue weighted by Crippen LogP contribution is -2.52. The minimum Gasteiger partial charge on any atom is -0.366 e. The highest BCUT2D eigenvalue weighted by Crippen LogP contribution is 2.20. The van der Waals surface area contributed by atoms with Gasteiger partial charge < -0.3 is 20.4 Å². The standard InChI is InChI=1S/C19H27FN4O2/c20-16-8-4-5-9-17(16)23-10-12-24(13-11-23)18(25)14-21-19(26)22-15-6-2-1-3-7-15/h4-5,8-9,15H,1-3,6-7,10-14H2,(H2,21,22,26). The van der Waals surface area contributed by atoms with Crippen LogP contribution in [0.2, 0.25) is 0 Å². The number of halogens is 1. The first-order valence-electron chi connectivity index (χ1n) is 9.45. The Balaban J connectivity index is 1.39. The second kappa shape index (κ2) is 8.87. The first-order valence-corrected chi connectivity index (χ1v) is 9.45. The Kier molecular flexibility index (Phi) is 6.30. The molecular weight excluding hydrogens is 335 g/mol. The van der Waals surface area contributed by atoms with Crippen LogP contribution in [0.25, 0.3) is 0 Å². The molecule has 7 heteroatoms. The van der Waals surface area contributed by atoms with Crippen LogP contribution < -0.4 is 15.5 Å². The minimum absolute atomic E-state index is 0.00173. The first-order chi connectivity index (χ1) is 12.6. The maximum Gasteiger partial charge on any atom is 0.315 e. The number of para-hydroxylation sites is 1. The van der Waals surface area contributed by atoms with E-state index >= 15 is 0 Å². The fourth-order valence-corrected chi connectivity index (χ4v) is 3.66. The van der Waals surface area contributed by atoms with Crippen molar-refractivity contribution in [2.45, 2.75) is 38.1 Å². The molecule has 1 aliphatic carbocycles. The van der Waals surface area contributed by atoms with Crippen LogP contribution in [0.5, 0.6) is 0 Å². The normalized spacial score (nSPS) is 18.5. The third-order valence-corrected chi connectivity index (χ3v) is 5.17. The molecule has 0 radical (unpaired) electrons. The van der Waals surface area contributed by atoms with Gasteiger partial charge in [0.15, 0.2) is 0 Å². The number of rotatable bonds is 4. The maximum atomic E-state index is 13.9. The lowest BCUT2D eigenvalue weighted by atomic mass is 9.96. The van der Waals surface area contributed by atoms with Gasteiger partial charge in [0.1, 0.15) is 5.82 Å². The van der Waals surface area contributed by atoms with Crippen LogP contribution in [0.4, 0.5) is 14.9 Å². The second-order valence-electron chi connectivity index (χ2n) is 6.98. The van der Waals surface area contributed by atoms with Crippen LogP contribution in [0, 0.1) is 5.82 Å². The molecule has 2 N–H and O–H groups in total. The maximum absolute atomic E-state index is 13.9. The topological polar surface area (TPSA) is 64.7 Å². The Morgan fingerprint density at radius 3 is 2.42 bits per heavy atom. The zero-order chi connectivity index (χ0) is 18.4. The minimum atomic E-state index is -0.268. The van der Waals surface area contributed by atoms with Crippen LogP contribution in [0.15, 0.2) is 24.3 Å². The number of urea groups is 1. The van der Waals surface area contributed by atoms with Crippen LogP contribution in [-0.4, -0.2) is 55.6 Å². The van der Waals surface area contributed by atoms with Crippen LogP contribution in [-0.2, 0) is 4.79 Å². The summed E-state index contributed by atoms with van der Waals surface area (Å²) >= 11 is 0. The number of piperazine rings is 1. The number of anilines is 1. The van der Waals surface area contributed by atoms with Crippen molar-refractivity contribution in [3.05, 3.63) is 30.1 Å². The number of hydrogen-bond acceptors (Lipinski definition) is 3. The van der Waals surface area contributed by atoms with Gasteiger partial charge in [0, 0.05) is 32.2 Å². The van der Waals surface area contributed by atoms with Gasteiger partial charge in [0.25, 0.3) is 0 Å². The van der Waals surface area contributed by atoms with Crippen molar-refractivity contribution < 1.29 is 14.0 Å². The number of nitrogens with zero attached hydrogens (tertiary/aromatic N) is 2. The Labute approximate surface area is 153 Å². The number of carbonyl (C=O) groups is 2. The molecule has 1 saturated carbocycles. The van der Waals surface area contributed by atoms with Crippen molar-refractivity contribution in [1.82, 2.24) is 15.5 Å². The number of carbonyl (C=O) groups excluding carboxylic acids is 2. The highest BCUT2D eigenvalue weighted by molar-refractivity contribution is 5.84. The molecule has 0 unspecified atom stereocenters. The molecule has 1 saturated heterocycles. The Morgan fingerprint density at radius 2 is 1.73 bits per heavy atom. The molecule has 2 fully saturated rings. The summed E-state index contributed by atoms with van der Waals surface area (Å²) in [7, 11) is 0. The van der Waals surface area contributed by atoms with Crippen LogP contribution >= 0.6 is 0 Å². The van der Waals surface area contributed by atoms with Crippen molar-refractivity contribution in [3.63, 3.8) is 0 Å². The summed E-state index contributed by atoms with van der Waals surface area (Å²) in [6.07, 6.45) is 5.56. The largest absolute Gasteiger partial charge is 0.366 e. The van der Waals surface area contributed by atoms with Crippen molar-refractivity contribution in [2.75, 3.05) is 37.6 Å². The summed E-state index contributed by atoms with van der Waals surface area (Å²) in [5.41, 5.74) is 0.574. The van der Waals surface area contributed by atoms with Crippen molar-refractivity contribution in [1.29, 1.82) is 0 Å². The van der Waals surface area contributed by atoms with E-state index in [4.69, 9.17) is 0 Å². The lowest BCUT2D eigenvalue weighted by molar-refractivity contribution is -0.130. The lowest BCUT2D eigenvalue weighted by Gasteiger charge is -2.36. The molecule has 0 spiro atoms. The fraction of sp³-hybridized carbons (Fsp3) is 0.579. The van der Waals surface area contributed by atoms with E-state index in [1.165, 1.54) is 12.5 Å². The summed E-state index contributed by atoms with van der Waals surface area (Å²) in [5, 5.41) is 5.61. The molecule has 26 heavy (non-hydrogen) atoms. The molecule has 0 atom stereocenters. The van der Waals surface area contributed by atoms with Crippen LogP contribution in [0.1, 0.15) is 32.1 Å². The summed E-state index contributed by atoms with van der Waals surface area (Å²) in [6.45, 7) is 2.22. The van der Waals surface area contributed by atoms with E-state index in [1.54, 1.807) is 17.0 Å². The van der Waals surface area contributed by atoms with E-state index in [-0.39, 0.29) is 30.3 Å². The average molecular weight is 362 g/mol. The van der Waals surface area contributed by atoms with Gasteiger partial charge in [0.2, 0.25) is 5.91 Å². The van der Waals surface area contributed by atoms with Crippen molar-refractivity contribution in [3.8, 4) is 0 Å². The predicted molar refractivity (Wildman–Crippen MR) is 98.6 cm³/mol. The molecule has 1 aliphatic heterocycles. The number of amides is 3. The summed E-state index contributed by atoms with van der Waals surface area (Å²) in [5.74, 6) is -0.342. The number of hydrogen-bond donors (Lipinski definition) is 2. The summed E-state index contributed by atoms with van der Waals surface area (Å²) in [6, 6.07) is 6.64. The highest BCUT2D eigenvalue weighted by Gasteiger charge is 2.23. The van der Waals surface area contributed by atoms with Gasteiger partial charge in [-0.25, -0.2) is 9.18 Å². The van der Waals surface area contributed by atoms with Gasteiger partial charge in [-0.1, -0.05) is 31.4 Å². The van der Waals surface area contributed by atoms with E-state index in [0.29, 0.717) is 31.9 Å². The Hall–Kier alpha value is -2.31. The van der Waals surface area contributed by atoms with Crippen molar-refractivity contribution >= 4 is 17.6 Å². The van der Waals surface area contributed by atoms with Gasteiger partial charge in [-0.15, -0.1) is 0 Å². The van der Waals surface area contributed by atoms with Gasteiger partial charge in [0.05, 0.1) is 12.2 Å². The van der Waals surface area contributed by atoms with Gasteiger partial charge in [-0.05, 0) is 25.0 Å². The molecule has 0 aromatic heterocycles. The molecule has 2 aliphatic rings. The highest BCUT2D eigenvalue weighted by atomic mass is 19.1. The van der Waals surface area contributed by atoms with E-state index in [9.17, 15) is 14.0 Å². The number of benzene rings is 1. The van der Waals surface area contributed by atoms with Gasteiger partial charge in [-0.3, -0.25) is 4.79 Å². The van der Waals surface area contributed by atoms with E-state index in [1.807, 2.05) is 11.0 Å². The molecule has 3 amide bonds. The predicted octanol–water partition coefficient (Wildman–Crippen LogP) is 2.11. The van der Waals surface area contributed by atoms with Crippen molar-refractivity contribution in [2.24, 2.45) is 0 Å².